The van der Waals surface area contributed by atoms with Crippen molar-refractivity contribution >= 4 is 5.91 Å². The van der Waals surface area contributed by atoms with E-state index >= 15 is 0 Å². The normalized spacial score (nSPS) is 33.8. The Balaban J connectivity index is 1.66. The fourth-order valence-electron chi connectivity index (χ4n) is 3.04. The standard InChI is InChI=1S/C12H17N3O3/c1-17-5-8-10(7-2-3-18-11(7)8)15-12(16)9-4-13-6-14-9/h4,6-8,10-11H,2-3,5H2,1H3,(H,13,14)(H,15,16)/t7-,8+,10+,11-/m1/s1. The Hall–Kier alpha value is -1.40. The summed E-state index contributed by atoms with van der Waals surface area (Å²) in [4.78, 5) is 18.6. The summed E-state index contributed by atoms with van der Waals surface area (Å²) < 4.78 is 10.9. The Morgan fingerprint density at radius 3 is 3.33 bits per heavy atom. The van der Waals surface area contributed by atoms with E-state index in [-0.39, 0.29) is 24.0 Å². The van der Waals surface area contributed by atoms with Gasteiger partial charge in [-0.05, 0) is 6.42 Å². The first-order valence-electron chi connectivity index (χ1n) is 6.21. The lowest BCUT2D eigenvalue weighted by atomic mass is 9.67. The van der Waals surface area contributed by atoms with E-state index in [1.54, 1.807) is 7.11 Å². The maximum Gasteiger partial charge on any atom is 0.269 e. The largest absolute Gasteiger partial charge is 0.384 e. The predicted octanol–water partition coefficient (Wildman–Crippen LogP) is 0.189. The number of carbonyl (C=O) groups is 1. The summed E-state index contributed by atoms with van der Waals surface area (Å²) in [6.45, 7) is 1.40. The number of ether oxygens (including phenoxy) is 2. The van der Waals surface area contributed by atoms with Gasteiger partial charge in [-0.1, -0.05) is 0 Å². The number of H-pyrrole nitrogens is 1. The van der Waals surface area contributed by atoms with Crippen LogP contribution in [0, 0.1) is 11.8 Å². The number of aromatic nitrogens is 2. The molecule has 18 heavy (non-hydrogen) atoms. The van der Waals surface area contributed by atoms with E-state index in [1.165, 1.54) is 12.5 Å². The smallest absolute Gasteiger partial charge is 0.269 e. The molecule has 1 amide bonds. The van der Waals surface area contributed by atoms with Crippen LogP contribution >= 0.6 is 0 Å². The molecular formula is C12H17N3O3. The monoisotopic (exact) mass is 251 g/mol. The second-order valence-electron chi connectivity index (χ2n) is 4.87. The Kier molecular flexibility index (Phi) is 3.05. The minimum absolute atomic E-state index is 0.107. The van der Waals surface area contributed by atoms with Crippen molar-refractivity contribution in [3.05, 3.63) is 18.2 Å². The van der Waals surface area contributed by atoms with Gasteiger partial charge in [-0.2, -0.15) is 0 Å². The van der Waals surface area contributed by atoms with Gasteiger partial charge in [0.2, 0.25) is 0 Å². The highest BCUT2D eigenvalue weighted by Crippen LogP contribution is 2.43. The van der Waals surface area contributed by atoms with E-state index in [2.05, 4.69) is 15.3 Å². The maximum absolute atomic E-state index is 12.0. The van der Waals surface area contributed by atoms with Crippen LogP contribution in [0.4, 0.5) is 0 Å². The third-order valence-electron chi connectivity index (χ3n) is 3.93. The average Bonchev–Trinajstić information content (AvgIpc) is 3.02. The number of amides is 1. The fraction of sp³-hybridized carbons (Fsp3) is 0.667. The summed E-state index contributed by atoms with van der Waals surface area (Å²) in [6, 6.07) is 0.147. The molecule has 1 saturated carbocycles. The minimum atomic E-state index is -0.107. The van der Waals surface area contributed by atoms with E-state index in [0.717, 1.165) is 13.0 Å². The summed E-state index contributed by atoms with van der Waals surface area (Å²) in [5.74, 6) is 0.579. The van der Waals surface area contributed by atoms with Gasteiger partial charge in [-0.3, -0.25) is 4.79 Å². The molecule has 1 aliphatic heterocycles. The van der Waals surface area contributed by atoms with Gasteiger partial charge in [-0.25, -0.2) is 4.98 Å². The quantitative estimate of drug-likeness (QED) is 0.801. The molecule has 0 spiro atoms. The number of imidazole rings is 1. The number of hydrogen-bond acceptors (Lipinski definition) is 4. The van der Waals surface area contributed by atoms with Gasteiger partial charge >= 0.3 is 0 Å². The first-order chi connectivity index (χ1) is 8.81. The molecule has 0 radical (unpaired) electrons. The second-order valence-corrected chi connectivity index (χ2v) is 4.87. The van der Waals surface area contributed by atoms with Gasteiger partial charge in [0.05, 0.1) is 25.2 Å². The third-order valence-corrected chi connectivity index (χ3v) is 3.93. The van der Waals surface area contributed by atoms with Gasteiger partial charge in [0.1, 0.15) is 5.69 Å². The number of carbonyl (C=O) groups excluding carboxylic acids is 1. The predicted molar refractivity (Wildman–Crippen MR) is 63.1 cm³/mol. The van der Waals surface area contributed by atoms with E-state index < -0.39 is 0 Å². The van der Waals surface area contributed by atoms with Crippen molar-refractivity contribution in [1.82, 2.24) is 15.3 Å². The Labute approximate surface area is 105 Å². The molecule has 3 rings (SSSR count). The molecule has 0 unspecified atom stereocenters. The van der Waals surface area contributed by atoms with Gasteiger partial charge < -0.3 is 19.8 Å². The second kappa shape index (κ2) is 4.70. The lowest BCUT2D eigenvalue weighted by Gasteiger charge is -2.47. The van der Waals surface area contributed by atoms with Crippen LogP contribution in [0.2, 0.25) is 0 Å². The van der Waals surface area contributed by atoms with Gasteiger partial charge in [0, 0.05) is 31.6 Å². The topological polar surface area (TPSA) is 76.2 Å². The third kappa shape index (κ3) is 1.81. The highest BCUT2D eigenvalue weighted by Gasteiger charge is 2.54. The molecule has 1 aromatic heterocycles. The van der Waals surface area contributed by atoms with E-state index in [1.807, 2.05) is 0 Å². The molecule has 1 aromatic rings. The molecule has 2 heterocycles. The number of methoxy groups -OCH3 is 1. The molecule has 6 heteroatoms. The van der Waals surface area contributed by atoms with Crippen LogP contribution in [0.5, 0.6) is 0 Å². The van der Waals surface area contributed by atoms with E-state index in [0.29, 0.717) is 18.2 Å². The number of fused-ring (bicyclic) bond motifs is 1. The van der Waals surface area contributed by atoms with Crippen LogP contribution in [0.15, 0.2) is 12.5 Å². The van der Waals surface area contributed by atoms with Crippen molar-refractivity contribution < 1.29 is 14.3 Å². The SMILES string of the molecule is COC[C@H]1[C@@H](NC(=O)c2cnc[nH]2)[C@H]2CCO[C@H]21. The molecule has 6 nitrogen and oxygen atoms in total. The zero-order valence-electron chi connectivity index (χ0n) is 10.3. The highest BCUT2D eigenvalue weighted by molar-refractivity contribution is 5.92. The molecule has 1 aliphatic carbocycles. The molecule has 98 valence electrons. The van der Waals surface area contributed by atoms with Crippen molar-refractivity contribution in [2.75, 3.05) is 20.3 Å². The van der Waals surface area contributed by atoms with Crippen LogP contribution in [-0.4, -0.2) is 48.3 Å². The summed E-state index contributed by atoms with van der Waals surface area (Å²) in [6.07, 6.45) is 4.29. The molecule has 2 N–H and O–H groups in total. The summed E-state index contributed by atoms with van der Waals surface area (Å²) in [5.41, 5.74) is 0.494. The van der Waals surface area contributed by atoms with Crippen LogP contribution < -0.4 is 5.32 Å². The fourth-order valence-corrected chi connectivity index (χ4v) is 3.04. The van der Waals surface area contributed by atoms with Crippen molar-refractivity contribution in [2.24, 2.45) is 11.8 Å². The average molecular weight is 251 g/mol. The number of aromatic amines is 1. The summed E-state index contributed by atoms with van der Waals surface area (Å²) >= 11 is 0. The van der Waals surface area contributed by atoms with Crippen molar-refractivity contribution in [2.45, 2.75) is 18.6 Å². The van der Waals surface area contributed by atoms with Crippen LogP contribution in [0.1, 0.15) is 16.9 Å². The zero-order valence-corrected chi connectivity index (χ0v) is 10.3. The van der Waals surface area contributed by atoms with Crippen LogP contribution in [0.3, 0.4) is 0 Å². The molecular weight excluding hydrogens is 234 g/mol. The molecule has 0 bridgehead atoms. The lowest BCUT2D eigenvalue weighted by molar-refractivity contribution is -0.0810. The number of nitrogens with zero attached hydrogens (tertiary/aromatic N) is 1. The first kappa shape index (κ1) is 11.7. The molecule has 0 aromatic carbocycles. The number of hydrogen-bond donors (Lipinski definition) is 2. The van der Waals surface area contributed by atoms with Gasteiger partial charge in [-0.15, -0.1) is 0 Å². The van der Waals surface area contributed by atoms with Gasteiger partial charge in [0.15, 0.2) is 0 Å². The van der Waals surface area contributed by atoms with Crippen molar-refractivity contribution in [3.8, 4) is 0 Å². The van der Waals surface area contributed by atoms with Crippen molar-refractivity contribution in [3.63, 3.8) is 0 Å². The molecule has 2 aliphatic rings. The van der Waals surface area contributed by atoms with Crippen LogP contribution in [-0.2, 0) is 9.47 Å². The van der Waals surface area contributed by atoms with E-state index in [9.17, 15) is 4.79 Å². The Bertz CT molecular complexity index is 420. The lowest BCUT2D eigenvalue weighted by Crippen LogP contribution is -2.62. The maximum atomic E-state index is 12.0. The first-order valence-corrected chi connectivity index (χ1v) is 6.21. The van der Waals surface area contributed by atoms with E-state index in [4.69, 9.17) is 9.47 Å². The Morgan fingerprint density at radius 2 is 2.61 bits per heavy atom. The summed E-state index contributed by atoms with van der Waals surface area (Å²) in [5, 5.41) is 3.05. The number of rotatable bonds is 4. The molecule has 4 atom stereocenters. The Morgan fingerprint density at radius 1 is 1.72 bits per heavy atom. The molecule has 2 fully saturated rings. The van der Waals surface area contributed by atoms with Crippen LogP contribution in [0.25, 0.3) is 0 Å². The minimum Gasteiger partial charge on any atom is -0.384 e. The van der Waals surface area contributed by atoms with Crippen molar-refractivity contribution in [1.29, 1.82) is 0 Å². The molecule has 1 saturated heterocycles. The highest BCUT2D eigenvalue weighted by atomic mass is 16.5. The summed E-state index contributed by atoms with van der Waals surface area (Å²) in [7, 11) is 1.68. The zero-order chi connectivity index (χ0) is 12.5. The van der Waals surface area contributed by atoms with Gasteiger partial charge in [0.25, 0.3) is 5.91 Å². The number of nitrogens with one attached hydrogen (secondary N) is 2.